The Morgan fingerprint density at radius 2 is 1.59 bits per heavy atom. The van der Waals surface area contributed by atoms with Crippen LogP contribution in [0, 0.1) is 30.6 Å². The van der Waals surface area contributed by atoms with Gasteiger partial charge in [0, 0.05) is 18.0 Å². The quantitative estimate of drug-likeness (QED) is 0.264. The Hall–Kier alpha value is -5.25. The fourth-order valence-corrected chi connectivity index (χ4v) is 8.32. The number of nitrogens with zero attached hydrogens (tertiary/aromatic N) is 2. The van der Waals surface area contributed by atoms with Crippen LogP contribution in [0.2, 0.25) is 0 Å². The van der Waals surface area contributed by atoms with E-state index in [-0.39, 0.29) is 31.6 Å². The van der Waals surface area contributed by atoms with Crippen molar-refractivity contribution in [1.82, 2.24) is 9.91 Å². The van der Waals surface area contributed by atoms with Crippen LogP contribution >= 0.6 is 0 Å². The van der Waals surface area contributed by atoms with Crippen molar-refractivity contribution in [1.29, 1.82) is 0 Å². The van der Waals surface area contributed by atoms with Crippen LogP contribution < -0.4 is 5.43 Å². The normalized spacial score (nSPS) is 28.5. The van der Waals surface area contributed by atoms with E-state index in [2.05, 4.69) is 5.43 Å². The van der Waals surface area contributed by atoms with E-state index in [1.165, 1.54) is 0 Å². The molecular formula is C36H33N3O7. The van der Waals surface area contributed by atoms with Crippen molar-refractivity contribution in [2.45, 2.75) is 37.5 Å². The summed E-state index contributed by atoms with van der Waals surface area (Å²) in [7, 11) is 0. The average Bonchev–Trinajstić information content (AvgIpc) is 3.42. The van der Waals surface area contributed by atoms with Crippen LogP contribution in [0.3, 0.4) is 0 Å². The zero-order chi connectivity index (χ0) is 32.3. The Bertz CT molecular complexity index is 1800. The molecule has 3 aromatic carbocycles. The molecule has 234 valence electrons. The van der Waals surface area contributed by atoms with Gasteiger partial charge < -0.3 is 10.2 Å². The Labute approximate surface area is 265 Å². The van der Waals surface area contributed by atoms with Crippen LogP contribution in [0.15, 0.2) is 90.5 Å². The van der Waals surface area contributed by atoms with Gasteiger partial charge in [0.1, 0.15) is 5.75 Å². The number of likely N-dealkylation sites (tertiary alicyclic amines) is 1. The van der Waals surface area contributed by atoms with Crippen molar-refractivity contribution in [2.24, 2.45) is 23.7 Å². The van der Waals surface area contributed by atoms with E-state index in [1.807, 2.05) is 55.5 Å². The van der Waals surface area contributed by atoms with E-state index >= 15 is 4.79 Å². The second kappa shape index (κ2) is 11.0. The first-order valence-corrected chi connectivity index (χ1v) is 15.5. The van der Waals surface area contributed by atoms with Crippen molar-refractivity contribution < 1.29 is 34.2 Å². The fourth-order valence-electron chi connectivity index (χ4n) is 8.32. The second-order valence-electron chi connectivity index (χ2n) is 12.6. The molecule has 10 heteroatoms. The van der Waals surface area contributed by atoms with E-state index in [9.17, 15) is 29.4 Å². The molecule has 46 heavy (non-hydrogen) atoms. The number of aliphatic carboxylic acids is 1. The van der Waals surface area contributed by atoms with Crippen LogP contribution in [-0.2, 0) is 29.4 Å². The summed E-state index contributed by atoms with van der Waals surface area (Å²) in [4.78, 5) is 69.3. The maximum absolute atomic E-state index is 15.0. The third-order valence-corrected chi connectivity index (χ3v) is 10.3. The van der Waals surface area contributed by atoms with E-state index in [0.29, 0.717) is 16.8 Å². The number of phenolic OH excluding ortho intramolecular Hbond substituents is 1. The van der Waals surface area contributed by atoms with Gasteiger partial charge in [0.05, 0.1) is 35.3 Å². The number of carbonyl (C=O) groups is 5. The highest BCUT2D eigenvalue weighted by atomic mass is 16.4. The highest BCUT2D eigenvalue weighted by Gasteiger charge is 2.70. The minimum absolute atomic E-state index is 0.0488. The summed E-state index contributed by atoms with van der Waals surface area (Å²) in [5.74, 6) is -6.85. The molecule has 3 N–H and O–H groups in total. The van der Waals surface area contributed by atoms with Gasteiger partial charge in [-0.1, -0.05) is 77.9 Å². The van der Waals surface area contributed by atoms with E-state index in [0.717, 1.165) is 21.0 Å². The lowest BCUT2D eigenvalue weighted by molar-refractivity contribution is -0.143. The molecule has 0 radical (unpaired) electrons. The largest absolute Gasteiger partial charge is 0.508 e. The lowest BCUT2D eigenvalue weighted by atomic mass is 9.49. The fraction of sp³-hybridized carbons (Fsp3) is 0.306. The number of aryl methyl sites for hydroxylation is 1. The molecule has 4 amide bonds. The molecule has 0 bridgehead atoms. The molecule has 3 aromatic rings. The predicted octanol–water partition coefficient (Wildman–Crippen LogP) is 4.16. The number of para-hydroxylation sites is 1. The number of amides is 4. The molecule has 0 spiro atoms. The Balaban J connectivity index is 1.41. The van der Waals surface area contributed by atoms with Gasteiger partial charge in [0.25, 0.3) is 11.8 Å². The number of allylic oxidation sites excluding steroid dienone is 2. The number of imide groups is 2. The van der Waals surface area contributed by atoms with Crippen LogP contribution in [-0.4, -0.2) is 56.3 Å². The lowest BCUT2D eigenvalue weighted by Gasteiger charge is -2.50. The number of carboxylic acid groups (broad SMARTS) is 1. The van der Waals surface area contributed by atoms with Crippen molar-refractivity contribution in [3.8, 4) is 5.75 Å². The summed E-state index contributed by atoms with van der Waals surface area (Å²) in [6.45, 7) is 1.71. The van der Waals surface area contributed by atoms with Crippen molar-refractivity contribution >= 4 is 35.3 Å². The van der Waals surface area contributed by atoms with Gasteiger partial charge in [-0.25, -0.2) is 0 Å². The van der Waals surface area contributed by atoms with Gasteiger partial charge in [0.15, 0.2) is 0 Å². The highest BCUT2D eigenvalue weighted by molar-refractivity contribution is 6.13. The molecular weight excluding hydrogens is 586 g/mol. The predicted molar refractivity (Wildman–Crippen MR) is 166 cm³/mol. The van der Waals surface area contributed by atoms with Crippen molar-refractivity contribution in [3.05, 3.63) is 107 Å². The molecule has 2 saturated heterocycles. The number of hydrogen-bond donors (Lipinski definition) is 3. The van der Waals surface area contributed by atoms with Crippen LogP contribution in [0.4, 0.5) is 5.69 Å². The van der Waals surface area contributed by atoms with Gasteiger partial charge in [-0.3, -0.25) is 34.3 Å². The third kappa shape index (κ3) is 4.27. The van der Waals surface area contributed by atoms with Gasteiger partial charge in [0.2, 0.25) is 11.8 Å². The molecule has 1 saturated carbocycles. The minimum atomic E-state index is -1.47. The zero-order valence-corrected chi connectivity index (χ0v) is 25.1. The molecule has 3 fully saturated rings. The number of benzene rings is 3. The Kier molecular flexibility index (Phi) is 7.03. The monoisotopic (exact) mass is 619 g/mol. The number of hydrogen-bond acceptors (Lipinski definition) is 7. The lowest BCUT2D eigenvalue weighted by Crippen LogP contribution is -2.53. The summed E-state index contributed by atoms with van der Waals surface area (Å²) >= 11 is 0. The molecule has 10 nitrogen and oxygen atoms in total. The standard InChI is InChI=1S/C36H33N3O7/c1-20-11-13-22(14-12-20)37-39-33(44)27-19-26-23(15-16-25-30(26)34(45)38(32(25)43)18-17-29(41)42)31(24-9-5-6-10-28(24)40)36(27,35(39)46)21-7-3-2-4-8-21/h2-15,25-27,30-31,37,40H,16-19H2,1H3,(H,41,42). The van der Waals surface area contributed by atoms with Crippen LogP contribution in [0.5, 0.6) is 5.75 Å². The molecule has 0 aromatic heterocycles. The van der Waals surface area contributed by atoms with Gasteiger partial charge in [-0.05, 0) is 49.4 Å². The summed E-state index contributed by atoms with van der Waals surface area (Å²) in [6.07, 6.45) is 1.88. The number of aromatic hydroxyl groups is 1. The first-order valence-electron chi connectivity index (χ1n) is 15.5. The number of hydrazine groups is 1. The smallest absolute Gasteiger partial charge is 0.305 e. The number of rotatable bonds is 7. The number of phenols is 1. The van der Waals surface area contributed by atoms with E-state index in [1.54, 1.807) is 36.4 Å². The van der Waals surface area contributed by atoms with Gasteiger partial charge in [-0.15, -0.1) is 0 Å². The second-order valence-corrected chi connectivity index (χ2v) is 12.6. The maximum atomic E-state index is 15.0. The molecule has 4 aliphatic rings. The summed E-state index contributed by atoms with van der Waals surface area (Å²) in [5, 5.41) is 21.6. The average molecular weight is 620 g/mol. The van der Waals surface area contributed by atoms with Gasteiger partial charge >= 0.3 is 5.97 Å². The first kappa shape index (κ1) is 29.5. The number of carboxylic acids is 1. The molecule has 6 unspecified atom stereocenters. The molecule has 7 rings (SSSR count). The zero-order valence-electron chi connectivity index (χ0n) is 25.1. The Morgan fingerprint density at radius 3 is 2.28 bits per heavy atom. The first-order chi connectivity index (χ1) is 22.1. The summed E-state index contributed by atoms with van der Waals surface area (Å²) in [5.41, 5.74) is 4.92. The number of anilines is 1. The van der Waals surface area contributed by atoms with Crippen molar-refractivity contribution in [3.63, 3.8) is 0 Å². The molecule has 2 heterocycles. The maximum Gasteiger partial charge on any atom is 0.305 e. The minimum Gasteiger partial charge on any atom is -0.508 e. The van der Waals surface area contributed by atoms with E-state index in [4.69, 9.17) is 0 Å². The van der Waals surface area contributed by atoms with E-state index < -0.39 is 64.6 Å². The van der Waals surface area contributed by atoms with Gasteiger partial charge in [-0.2, -0.15) is 5.01 Å². The number of fused-ring (bicyclic) bond motifs is 4. The summed E-state index contributed by atoms with van der Waals surface area (Å²) < 4.78 is 0. The SMILES string of the molecule is Cc1ccc(NN2C(=O)C3CC4C(=CCC5C(=O)N(CCC(=O)O)C(=O)C54)C(c4ccccc4O)C3(c3ccccc3)C2=O)cc1. The number of nitrogens with one attached hydrogen (secondary N) is 1. The van der Waals surface area contributed by atoms with Crippen molar-refractivity contribution in [2.75, 3.05) is 12.0 Å². The molecule has 6 atom stereocenters. The highest BCUT2D eigenvalue weighted by Crippen LogP contribution is 2.64. The van der Waals surface area contributed by atoms with Crippen LogP contribution in [0.25, 0.3) is 0 Å². The topological polar surface area (TPSA) is 144 Å². The molecule has 2 aliphatic heterocycles. The third-order valence-electron chi connectivity index (χ3n) is 10.3. The van der Waals surface area contributed by atoms with Crippen LogP contribution in [0.1, 0.15) is 41.9 Å². The Morgan fingerprint density at radius 1 is 0.891 bits per heavy atom. The molecule has 2 aliphatic carbocycles. The number of carbonyl (C=O) groups excluding carboxylic acids is 4. The summed E-state index contributed by atoms with van der Waals surface area (Å²) in [6, 6.07) is 23.2.